The number of anilines is 2. The van der Waals surface area contributed by atoms with Crippen LogP contribution < -0.4 is 10.6 Å². The Labute approximate surface area is 221 Å². The Hall–Kier alpha value is -4.98. The van der Waals surface area contributed by atoms with Crippen molar-refractivity contribution in [2.75, 3.05) is 10.6 Å². The Morgan fingerprint density at radius 1 is 0.605 bits per heavy atom. The monoisotopic (exact) mass is 508 g/mol. The second-order valence-electron chi connectivity index (χ2n) is 8.58. The summed E-state index contributed by atoms with van der Waals surface area (Å²) in [5.41, 5.74) is 5.82. The van der Waals surface area contributed by atoms with Crippen LogP contribution in [-0.2, 0) is 22.7 Å². The van der Waals surface area contributed by atoms with Gasteiger partial charge in [-0.2, -0.15) is 10.2 Å². The van der Waals surface area contributed by atoms with Gasteiger partial charge in [0.2, 0.25) is 0 Å². The molecule has 2 amide bonds. The molecule has 0 heterocycles. The number of ether oxygens (including phenoxy) is 2. The van der Waals surface area contributed by atoms with Crippen LogP contribution in [0.2, 0.25) is 0 Å². The van der Waals surface area contributed by atoms with Crippen molar-refractivity contribution in [2.45, 2.75) is 27.1 Å². The van der Waals surface area contributed by atoms with E-state index in [9.17, 15) is 9.59 Å². The number of carbonyl (C=O) groups excluding carboxylic acids is 2. The number of carbonyl (C=O) groups is 2. The average molecular weight is 509 g/mol. The molecule has 0 unspecified atom stereocenters. The lowest BCUT2D eigenvalue weighted by Crippen LogP contribution is -2.13. The maximum atomic E-state index is 12.2. The van der Waals surface area contributed by atoms with Gasteiger partial charge in [0.05, 0.1) is 11.4 Å². The zero-order valence-corrected chi connectivity index (χ0v) is 21.2. The molecular weight excluding hydrogens is 480 g/mol. The number of hydrogen-bond donors (Lipinski definition) is 2. The van der Waals surface area contributed by atoms with Gasteiger partial charge in [-0.05, 0) is 60.4 Å². The number of rotatable bonds is 8. The quantitative estimate of drug-likeness (QED) is 0.234. The van der Waals surface area contributed by atoms with E-state index in [1.165, 1.54) is 0 Å². The van der Waals surface area contributed by atoms with Crippen molar-refractivity contribution in [3.63, 3.8) is 0 Å². The highest BCUT2D eigenvalue weighted by Gasteiger charge is 2.08. The van der Waals surface area contributed by atoms with Gasteiger partial charge in [-0.3, -0.25) is 10.6 Å². The molecule has 0 atom stereocenters. The molecule has 0 saturated carbocycles. The van der Waals surface area contributed by atoms with Crippen molar-refractivity contribution in [2.24, 2.45) is 10.2 Å². The zero-order chi connectivity index (χ0) is 26.7. The van der Waals surface area contributed by atoms with Gasteiger partial charge in [-0.15, -0.1) is 0 Å². The van der Waals surface area contributed by atoms with Crippen LogP contribution in [0.4, 0.5) is 32.3 Å². The summed E-state index contributed by atoms with van der Waals surface area (Å²) >= 11 is 0. The number of azo groups is 1. The first kappa shape index (κ1) is 26.1. The summed E-state index contributed by atoms with van der Waals surface area (Å²) in [6.45, 7) is 4.15. The number of benzene rings is 4. The van der Waals surface area contributed by atoms with Gasteiger partial charge in [0.1, 0.15) is 13.2 Å². The van der Waals surface area contributed by atoms with E-state index in [4.69, 9.17) is 9.47 Å². The van der Waals surface area contributed by atoms with E-state index in [0.717, 1.165) is 22.3 Å². The van der Waals surface area contributed by atoms with Crippen molar-refractivity contribution in [3.05, 3.63) is 119 Å². The first-order valence-corrected chi connectivity index (χ1v) is 12.0. The van der Waals surface area contributed by atoms with Crippen LogP contribution in [0.15, 0.2) is 107 Å². The van der Waals surface area contributed by atoms with E-state index in [1.807, 2.05) is 86.6 Å². The van der Waals surface area contributed by atoms with Crippen LogP contribution in [0.3, 0.4) is 0 Å². The predicted octanol–water partition coefficient (Wildman–Crippen LogP) is 8.22. The van der Waals surface area contributed by atoms with Gasteiger partial charge in [0, 0.05) is 11.4 Å². The van der Waals surface area contributed by atoms with Crippen LogP contribution in [0.25, 0.3) is 0 Å². The fourth-order valence-corrected chi connectivity index (χ4v) is 3.45. The van der Waals surface area contributed by atoms with Crippen LogP contribution in [0, 0.1) is 13.8 Å². The molecule has 0 saturated heterocycles. The summed E-state index contributed by atoms with van der Waals surface area (Å²) in [5.74, 6) is 0. The summed E-state index contributed by atoms with van der Waals surface area (Å²) in [4.78, 5) is 24.5. The highest BCUT2D eigenvalue weighted by atomic mass is 16.6. The molecule has 4 rings (SSSR count). The summed E-state index contributed by atoms with van der Waals surface area (Å²) in [6.07, 6.45) is -1.12. The molecular formula is C30H28N4O4. The molecule has 8 heteroatoms. The summed E-state index contributed by atoms with van der Waals surface area (Å²) in [6, 6.07) is 29.6. The number of aryl methyl sites for hydroxylation is 2. The molecule has 192 valence electrons. The predicted molar refractivity (Wildman–Crippen MR) is 147 cm³/mol. The van der Waals surface area contributed by atoms with Crippen LogP contribution in [-0.4, -0.2) is 12.2 Å². The minimum atomic E-state index is -0.561. The van der Waals surface area contributed by atoms with Crippen molar-refractivity contribution >= 4 is 34.9 Å². The summed E-state index contributed by atoms with van der Waals surface area (Å²) in [5, 5.41) is 14.2. The Kier molecular flexibility index (Phi) is 8.80. The third kappa shape index (κ3) is 7.76. The van der Waals surface area contributed by atoms with Gasteiger partial charge in [0.15, 0.2) is 0 Å². The minimum Gasteiger partial charge on any atom is -0.444 e. The van der Waals surface area contributed by atoms with Crippen molar-refractivity contribution < 1.29 is 19.1 Å². The van der Waals surface area contributed by atoms with Crippen LogP contribution in [0.5, 0.6) is 0 Å². The fraction of sp³-hybridized carbons (Fsp3) is 0.133. The molecule has 2 N–H and O–H groups in total. The van der Waals surface area contributed by atoms with Crippen LogP contribution in [0.1, 0.15) is 22.3 Å². The molecule has 0 aromatic heterocycles. The smallest absolute Gasteiger partial charge is 0.411 e. The molecule has 0 spiro atoms. The maximum Gasteiger partial charge on any atom is 0.411 e. The van der Waals surface area contributed by atoms with Gasteiger partial charge in [-0.1, -0.05) is 72.8 Å². The highest BCUT2D eigenvalue weighted by Crippen LogP contribution is 2.29. The molecule has 0 aliphatic heterocycles. The van der Waals surface area contributed by atoms with Crippen molar-refractivity contribution in [1.29, 1.82) is 0 Å². The lowest BCUT2D eigenvalue weighted by Gasteiger charge is -2.09. The molecule has 4 aromatic rings. The summed E-state index contributed by atoms with van der Waals surface area (Å²) in [7, 11) is 0. The Balaban J connectivity index is 1.37. The first-order valence-electron chi connectivity index (χ1n) is 12.0. The molecule has 0 fully saturated rings. The maximum absolute atomic E-state index is 12.2. The lowest BCUT2D eigenvalue weighted by molar-refractivity contribution is 0.154. The number of nitrogens with one attached hydrogen (secondary N) is 2. The number of amides is 2. The topological polar surface area (TPSA) is 101 Å². The largest absolute Gasteiger partial charge is 0.444 e. The third-order valence-electron chi connectivity index (χ3n) is 5.60. The zero-order valence-electron chi connectivity index (χ0n) is 21.2. The average Bonchev–Trinajstić information content (AvgIpc) is 2.93. The standard InChI is InChI=1S/C30H28N4O4/c1-21-13-15-25(31-29(35)37-19-23-9-5-3-6-10-23)17-27(21)33-34-28-18-26(16-14-22(28)2)32-30(36)38-20-24-11-7-4-8-12-24/h3-18H,19-20H2,1-2H3,(H,31,35)(H,32,36). The number of hydrogen-bond acceptors (Lipinski definition) is 6. The Morgan fingerprint density at radius 2 is 1.00 bits per heavy atom. The van der Waals surface area contributed by atoms with Gasteiger partial charge >= 0.3 is 12.2 Å². The van der Waals surface area contributed by atoms with Crippen molar-refractivity contribution in [1.82, 2.24) is 0 Å². The molecule has 0 aliphatic carbocycles. The third-order valence-corrected chi connectivity index (χ3v) is 5.60. The second kappa shape index (κ2) is 12.8. The van der Waals surface area contributed by atoms with Gasteiger partial charge < -0.3 is 9.47 Å². The van der Waals surface area contributed by atoms with E-state index >= 15 is 0 Å². The SMILES string of the molecule is Cc1ccc(NC(=O)OCc2ccccc2)cc1N=Nc1cc(NC(=O)OCc2ccccc2)ccc1C. The highest BCUT2D eigenvalue weighted by molar-refractivity contribution is 5.86. The molecule has 0 aliphatic rings. The Bertz CT molecular complexity index is 1310. The van der Waals surface area contributed by atoms with E-state index in [2.05, 4.69) is 20.9 Å². The molecule has 38 heavy (non-hydrogen) atoms. The van der Waals surface area contributed by atoms with Gasteiger partial charge in [-0.25, -0.2) is 9.59 Å². The fourth-order valence-electron chi connectivity index (χ4n) is 3.45. The molecule has 4 aromatic carbocycles. The van der Waals surface area contributed by atoms with E-state index < -0.39 is 12.2 Å². The lowest BCUT2D eigenvalue weighted by atomic mass is 10.2. The second-order valence-corrected chi connectivity index (χ2v) is 8.58. The molecule has 0 radical (unpaired) electrons. The first-order chi connectivity index (χ1) is 18.5. The molecule has 0 bridgehead atoms. The van der Waals surface area contributed by atoms with E-state index in [-0.39, 0.29) is 13.2 Å². The van der Waals surface area contributed by atoms with E-state index in [1.54, 1.807) is 24.3 Å². The van der Waals surface area contributed by atoms with E-state index in [0.29, 0.717) is 22.7 Å². The minimum absolute atomic E-state index is 0.175. The normalized spacial score (nSPS) is 10.7. The van der Waals surface area contributed by atoms with Gasteiger partial charge in [0.25, 0.3) is 0 Å². The number of nitrogens with zero attached hydrogens (tertiary/aromatic N) is 2. The van der Waals surface area contributed by atoms with Crippen molar-refractivity contribution in [3.8, 4) is 0 Å². The Morgan fingerprint density at radius 3 is 1.39 bits per heavy atom. The summed E-state index contributed by atoms with van der Waals surface area (Å²) < 4.78 is 10.6. The molecule has 8 nitrogen and oxygen atoms in total. The van der Waals surface area contributed by atoms with Crippen LogP contribution >= 0.6 is 0 Å².